The van der Waals surface area contributed by atoms with Crippen LogP contribution in [0.15, 0.2) is 24.4 Å². The number of rotatable bonds is 1. The Hall–Kier alpha value is -1.75. The van der Waals surface area contributed by atoms with Crippen LogP contribution in [0, 0.1) is 11.6 Å². The molecular formula is C14H15F2N3. The van der Waals surface area contributed by atoms with Crippen molar-refractivity contribution in [3.8, 4) is 0 Å². The van der Waals surface area contributed by atoms with E-state index in [0.29, 0.717) is 16.6 Å². The first-order valence-corrected chi connectivity index (χ1v) is 6.39. The van der Waals surface area contributed by atoms with Crippen LogP contribution in [-0.4, -0.2) is 24.1 Å². The molecule has 2 N–H and O–H groups in total. The Bertz CT molecular complexity index is 607. The van der Waals surface area contributed by atoms with Gasteiger partial charge >= 0.3 is 0 Å². The number of fused-ring (bicyclic) bond motifs is 1. The number of hydrogen-bond donors (Lipinski definition) is 1. The van der Waals surface area contributed by atoms with Crippen molar-refractivity contribution in [1.29, 1.82) is 0 Å². The van der Waals surface area contributed by atoms with Crippen LogP contribution >= 0.6 is 0 Å². The van der Waals surface area contributed by atoms with Gasteiger partial charge in [0, 0.05) is 31.4 Å². The van der Waals surface area contributed by atoms with E-state index in [1.54, 1.807) is 12.3 Å². The minimum absolute atomic E-state index is 0.202. The standard InChI is InChI=1S/C14H15F2N3/c15-10-7-9-1-4-18-14(13(9)12(16)8-10)19-5-2-11(17)3-6-19/h1,4,7-8,11H,2-3,5-6,17H2. The van der Waals surface area contributed by atoms with Gasteiger partial charge in [-0.15, -0.1) is 0 Å². The summed E-state index contributed by atoms with van der Waals surface area (Å²) in [6.07, 6.45) is 3.31. The summed E-state index contributed by atoms with van der Waals surface area (Å²) in [6, 6.07) is 4.07. The Balaban J connectivity index is 2.08. The summed E-state index contributed by atoms with van der Waals surface area (Å²) >= 11 is 0. The average Bonchev–Trinajstić information content (AvgIpc) is 2.38. The van der Waals surface area contributed by atoms with Crippen molar-refractivity contribution in [1.82, 2.24) is 4.98 Å². The van der Waals surface area contributed by atoms with Gasteiger partial charge in [-0.05, 0) is 30.4 Å². The van der Waals surface area contributed by atoms with E-state index >= 15 is 0 Å². The Morgan fingerprint density at radius 2 is 1.95 bits per heavy atom. The second-order valence-electron chi connectivity index (χ2n) is 4.94. The molecule has 0 atom stereocenters. The third kappa shape index (κ3) is 2.26. The summed E-state index contributed by atoms with van der Waals surface area (Å²) in [6.45, 7) is 1.51. The van der Waals surface area contributed by atoms with E-state index in [2.05, 4.69) is 4.98 Å². The monoisotopic (exact) mass is 263 g/mol. The first-order chi connectivity index (χ1) is 9.15. The highest BCUT2D eigenvalue weighted by atomic mass is 19.1. The number of hydrogen-bond acceptors (Lipinski definition) is 3. The molecule has 100 valence electrons. The quantitative estimate of drug-likeness (QED) is 0.859. The number of benzene rings is 1. The third-order valence-electron chi connectivity index (χ3n) is 3.60. The molecule has 19 heavy (non-hydrogen) atoms. The predicted octanol–water partition coefficient (Wildman–Crippen LogP) is 2.44. The highest BCUT2D eigenvalue weighted by Gasteiger charge is 2.20. The van der Waals surface area contributed by atoms with Gasteiger partial charge in [-0.1, -0.05) is 0 Å². The Morgan fingerprint density at radius 3 is 2.68 bits per heavy atom. The molecule has 0 saturated carbocycles. The summed E-state index contributed by atoms with van der Waals surface area (Å²) in [4.78, 5) is 6.29. The second kappa shape index (κ2) is 4.74. The largest absolute Gasteiger partial charge is 0.356 e. The molecule has 1 aromatic carbocycles. The average molecular weight is 263 g/mol. The molecule has 0 bridgehead atoms. The number of aromatic nitrogens is 1. The zero-order chi connectivity index (χ0) is 13.4. The van der Waals surface area contributed by atoms with Gasteiger partial charge in [-0.25, -0.2) is 13.8 Å². The van der Waals surface area contributed by atoms with Crippen molar-refractivity contribution in [2.45, 2.75) is 18.9 Å². The fourth-order valence-corrected chi connectivity index (χ4v) is 2.56. The van der Waals surface area contributed by atoms with Crippen LogP contribution in [0.2, 0.25) is 0 Å². The maximum Gasteiger partial charge on any atom is 0.139 e. The van der Waals surface area contributed by atoms with Crippen LogP contribution in [0.3, 0.4) is 0 Å². The lowest BCUT2D eigenvalue weighted by molar-refractivity contribution is 0.499. The van der Waals surface area contributed by atoms with Crippen LogP contribution in [0.5, 0.6) is 0 Å². The third-order valence-corrected chi connectivity index (χ3v) is 3.60. The van der Waals surface area contributed by atoms with Crippen molar-refractivity contribution in [2.75, 3.05) is 18.0 Å². The number of halogens is 2. The number of pyridine rings is 1. The molecule has 1 saturated heterocycles. The Labute approximate surface area is 110 Å². The van der Waals surface area contributed by atoms with Crippen molar-refractivity contribution >= 4 is 16.6 Å². The van der Waals surface area contributed by atoms with Gasteiger partial charge in [0.2, 0.25) is 0 Å². The predicted molar refractivity (Wildman–Crippen MR) is 71.1 cm³/mol. The molecule has 1 aromatic heterocycles. The van der Waals surface area contributed by atoms with Gasteiger partial charge in [0.15, 0.2) is 0 Å². The number of nitrogens with zero attached hydrogens (tertiary/aromatic N) is 2. The van der Waals surface area contributed by atoms with Crippen molar-refractivity contribution < 1.29 is 8.78 Å². The molecule has 3 rings (SSSR count). The number of piperidine rings is 1. The SMILES string of the molecule is NC1CCN(c2nccc3cc(F)cc(F)c23)CC1. The van der Waals surface area contributed by atoms with Crippen molar-refractivity contribution in [3.05, 3.63) is 36.0 Å². The first kappa shape index (κ1) is 12.3. The molecule has 2 aromatic rings. The van der Waals surface area contributed by atoms with E-state index in [-0.39, 0.29) is 6.04 Å². The van der Waals surface area contributed by atoms with E-state index in [0.717, 1.165) is 32.0 Å². The van der Waals surface area contributed by atoms with Gasteiger partial charge in [0.1, 0.15) is 17.5 Å². The molecule has 0 unspecified atom stereocenters. The fraction of sp³-hybridized carbons (Fsp3) is 0.357. The van der Waals surface area contributed by atoms with Gasteiger partial charge in [0.25, 0.3) is 0 Å². The summed E-state index contributed by atoms with van der Waals surface area (Å²) in [5.74, 6) is -0.544. The lowest BCUT2D eigenvalue weighted by Crippen LogP contribution is -2.40. The fourth-order valence-electron chi connectivity index (χ4n) is 2.56. The highest BCUT2D eigenvalue weighted by Crippen LogP contribution is 2.29. The van der Waals surface area contributed by atoms with Crippen LogP contribution in [0.4, 0.5) is 14.6 Å². The topological polar surface area (TPSA) is 42.1 Å². The van der Waals surface area contributed by atoms with Crippen LogP contribution in [0.1, 0.15) is 12.8 Å². The Kier molecular flexibility index (Phi) is 3.06. The van der Waals surface area contributed by atoms with E-state index in [1.807, 2.05) is 4.90 Å². The van der Waals surface area contributed by atoms with Crippen LogP contribution < -0.4 is 10.6 Å². The lowest BCUT2D eigenvalue weighted by Gasteiger charge is -2.31. The normalized spacial score (nSPS) is 17.1. The van der Waals surface area contributed by atoms with Gasteiger partial charge in [-0.3, -0.25) is 0 Å². The maximum atomic E-state index is 14.0. The molecule has 3 nitrogen and oxygen atoms in total. The summed E-state index contributed by atoms with van der Waals surface area (Å²) in [7, 11) is 0. The minimum Gasteiger partial charge on any atom is -0.356 e. The van der Waals surface area contributed by atoms with E-state index < -0.39 is 11.6 Å². The molecule has 5 heteroatoms. The van der Waals surface area contributed by atoms with E-state index in [1.165, 1.54) is 6.07 Å². The molecule has 0 radical (unpaired) electrons. The smallest absolute Gasteiger partial charge is 0.139 e. The minimum atomic E-state index is -0.567. The molecule has 2 heterocycles. The number of anilines is 1. The maximum absolute atomic E-state index is 14.0. The van der Waals surface area contributed by atoms with Crippen LogP contribution in [0.25, 0.3) is 10.8 Å². The lowest BCUT2D eigenvalue weighted by atomic mass is 10.0. The van der Waals surface area contributed by atoms with E-state index in [9.17, 15) is 8.78 Å². The van der Waals surface area contributed by atoms with Gasteiger partial charge in [-0.2, -0.15) is 0 Å². The molecule has 1 fully saturated rings. The number of nitrogens with two attached hydrogens (primary N) is 1. The molecule has 0 amide bonds. The van der Waals surface area contributed by atoms with E-state index in [4.69, 9.17) is 5.73 Å². The first-order valence-electron chi connectivity index (χ1n) is 6.39. The highest BCUT2D eigenvalue weighted by molar-refractivity contribution is 5.92. The summed E-state index contributed by atoms with van der Waals surface area (Å²) in [5.41, 5.74) is 5.87. The molecule has 0 aliphatic carbocycles. The molecular weight excluding hydrogens is 248 g/mol. The van der Waals surface area contributed by atoms with Gasteiger partial charge < -0.3 is 10.6 Å². The molecule has 0 spiro atoms. The van der Waals surface area contributed by atoms with Crippen LogP contribution in [-0.2, 0) is 0 Å². The van der Waals surface area contributed by atoms with Crippen molar-refractivity contribution in [2.24, 2.45) is 5.73 Å². The summed E-state index contributed by atoms with van der Waals surface area (Å²) in [5, 5.41) is 0.928. The van der Waals surface area contributed by atoms with Crippen molar-refractivity contribution in [3.63, 3.8) is 0 Å². The Morgan fingerprint density at radius 1 is 1.21 bits per heavy atom. The van der Waals surface area contributed by atoms with Gasteiger partial charge in [0.05, 0.1) is 5.39 Å². The second-order valence-corrected chi connectivity index (χ2v) is 4.94. The summed E-state index contributed by atoms with van der Waals surface area (Å²) < 4.78 is 27.2. The zero-order valence-electron chi connectivity index (χ0n) is 10.4. The molecule has 1 aliphatic rings. The zero-order valence-corrected chi connectivity index (χ0v) is 10.4. The molecule has 1 aliphatic heterocycles.